The summed E-state index contributed by atoms with van der Waals surface area (Å²) in [6.45, 7) is 4.17. The number of rotatable bonds is 8. The molecule has 156 valence electrons. The van der Waals surface area contributed by atoms with Gasteiger partial charge in [0, 0.05) is 29.4 Å². The second-order valence-corrected chi connectivity index (χ2v) is 7.39. The van der Waals surface area contributed by atoms with Crippen LogP contribution in [0.1, 0.15) is 32.1 Å². The van der Waals surface area contributed by atoms with E-state index in [-0.39, 0.29) is 11.8 Å². The number of benzene rings is 2. The van der Waals surface area contributed by atoms with Crippen LogP contribution in [0.25, 0.3) is 11.1 Å². The SMILES string of the molecule is COc1cc(NC(=O)NCCCCN2CCCCC2)ccc1-c1ccccc1F. The molecule has 0 aromatic heterocycles. The highest BCUT2D eigenvalue weighted by Crippen LogP contribution is 2.33. The minimum absolute atomic E-state index is 0.247. The highest BCUT2D eigenvalue weighted by molar-refractivity contribution is 5.90. The van der Waals surface area contributed by atoms with E-state index in [1.54, 1.807) is 36.4 Å². The monoisotopic (exact) mass is 399 g/mol. The Labute approximate surface area is 172 Å². The average Bonchev–Trinajstić information content (AvgIpc) is 2.75. The summed E-state index contributed by atoms with van der Waals surface area (Å²) in [7, 11) is 1.53. The molecule has 0 aliphatic carbocycles. The van der Waals surface area contributed by atoms with Crippen molar-refractivity contribution in [3.63, 3.8) is 0 Å². The van der Waals surface area contributed by atoms with Crippen LogP contribution in [0, 0.1) is 5.82 Å². The van der Waals surface area contributed by atoms with Crippen LogP contribution in [-0.2, 0) is 0 Å². The molecule has 1 heterocycles. The molecular weight excluding hydrogens is 369 g/mol. The van der Waals surface area contributed by atoms with Gasteiger partial charge in [-0.2, -0.15) is 0 Å². The predicted octanol–water partition coefficient (Wildman–Crippen LogP) is 4.89. The second kappa shape index (κ2) is 10.8. The zero-order valence-electron chi connectivity index (χ0n) is 17.0. The molecule has 1 saturated heterocycles. The molecule has 1 aliphatic rings. The number of unbranched alkanes of at least 4 members (excludes halogenated alkanes) is 1. The number of methoxy groups -OCH3 is 1. The van der Waals surface area contributed by atoms with Gasteiger partial charge in [0.1, 0.15) is 11.6 Å². The Morgan fingerprint density at radius 2 is 1.86 bits per heavy atom. The number of carbonyl (C=O) groups is 1. The van der Waals surface area contributed by atoms with Gasteiger partial charge in [-0.1, -0.05) is 24.6 Å². The van der Waals surface area contributed by atoms with Crippen molar-refractivity contribution in [2.24, 2.45) is 0 Å². The number of nitrogens with one attached hydrogen (secondary N) is 2. The average molecular weight is 400 g/mol. The Morgan fingerprint density at radius 3 is 2.62 bits per heavy atom. The van der Waals surface area contributed by atoms with Gasteiger partial charge in [0.2, 0.25) is 0 Å². The lowest BCUT2D eigenvalue weighted by Gasteiger charge is -2.26. The van der Waals surface area contributed by atoms with Crippen LogP contribution in [0.5, 0.6) is 5.75 Å². The standard InChI is InChI=1S/C23H30FN3O2/c1-29-22-17-18(11-12-20(22)19-9-3-4-10-21(19)24)26-23(28)25-13-5-8-16-27-14-6-2-7-15-27/h3-4,9-12,17H,2,5-8,13-16H2,1H3,(H2,25,26,28). The number of hydrogen-bond acceptors (Lipinski definition) is 3. The number of carbonyl (C=O) groups excluding carboxylic acids is 1. The Morgan fingerprint density at radius 1 is 1.07 bits per heavy atom. The second-order valence-electron chi connectivity index (χ2n) is 7.39. The lowest BCUT2D eigenvalue weighted by atomic mass is 10.0. The summed E-state index contributed by atoms with van der Waals surface area (Å²) in [4.78, 5) is 14.7. The van der Waals surface area contributed by atoms with Crippen molar-refractivity contribution >= 4 is 11.7 Å². The summed E-state index contributed by atoms with van der Waals surface area (Å²) in [5.74, 6) is 0.197. The van der Waals surface area contributed by atoms with Gasteiger partial charge >= 0.3 is 6.03 Å². The largest absolute Gasteiger partial charge is 0.496 e. The molecule has 2 amide bonds. The lowest BCUT2D eigenvalue weighted by Crippen LogP contribution is -2.32. The van der Waals surface area contributed by atoms with Crippen LogP contribution in [0.4, 0.5) is 14.9 Å². The molecule has 2 aromatic rings. The fraction of sp³-hybridized carbons (Fsp3) is 0.435. The quantitative estimate of drug-likeness (QED) is 0.622. The molecule has 0 spiro atoms. The Hall–Kier alpha value is -2.60. The highest BCUT2D eigenvalue weighted by Gasteiger charge is 2.12. The van der Waals surface area contributed by atoms with Gasteiger partial charge in [-0.25, -0.2) is 9.18 Å². The predicted molar refractivity (Wildman–Crippen MR) is 115 cm³/mol. The topological polar surface area (TPSA) is 53.6 Å². The Balaban J connectivity index is 1.47. The van der Waals surface area contributed by atoms with Crippen LogP contribution in [-0.4, -0.2) is 44.2 Å². The molecular formula is C23H30FN3O2. The Bertz CT molecular complexity index is 806. The molecule has 6 heteroatoms. The van der Waals surface area contributed by atoms with E-state index < -0.39 is 0 Å². The van der Waals surface area contributed by atoms with Crippen LogP contribution < -0.4 is 15.4 Å². The molecule has 1 fully saturated rings. The normalized spacial score (nSPS) is 14.4. The fourth-order valence-electron chi connectivity index (χ4n) is 3.69. The van der Waals surface area contributed by atoms with Crippen LogP contribution in [0.3, 0.4) is 0 Å². The van der Waals surface area contributed by atoms with Crippen molar-refractivity contribution in [2.75, 3.05) is 38.6 Å². The van der Waals surface area contributed by atoms with E-state index in [4.69, 9.17) is 4.74 Å². The molecule has 0 bridgehead atoms. The molecule has 2 N–H and O–H groups in total. The summed E-state index contributed by atoms with van der Waals surface area (Å²) in [5.41, 5.74) is 1.72. The van der Waals surface area contributed by atoms with E-state index in [1.165, 1.54) is 45.5 Å². The summed E-state index contributed by atoms with van der Waals surface area (Å²) in [5, 5.41) is 5.71. The van der Waals surface area contributed by atoms with Crippen LogP contribution >= 0.6 is 0 Å². The first kappa shape index (κ1) is 21.1. The molecule has 2 aromatic carbocycles. The van der Waals surface area contributed by atoms with Gasteiger partial charge in [-0.15, -0.1) is 0 Å². The van der Waals surface area contributed by atoms with Crippen molar-refractivity contribution in [2.45, 2.75) is 32.1 Å². The van der Waals surface area contributed by atoms with Crippen LogP contribution in [0.15, 0.2) is 42.5 Å². The minimum atomic E-state index is -0.311. The van der Waals surface area contributed by atoms with Crippen molar-refractivity contribution < 1.29 is 13.9 Å². The summed E-state index contributed by atoms with van der Waals surface area (Å²) >= 11 is 0. The maximum atomic E-state index is 14.1. The number of likely N-dealkylation sites (tertiary alicyclic amines) is 1. The molecule has 0 atom stereocenters. The van der Waals surface area contributed by atoms with Gasteiger partial charge in [0.15, 0.2) is 0 Å². The van der Waals surface area contributed by atoms with Gasteiger partial charge < -0.3 is 20.3 Å². The third-order valence-electron chi connectivity index (χ3n) is 5.26. The summed E-state index contributed by atoms with van der Waals surface area (Å²) < 4.78 is 19.5. The molecule has 0 unspecified atom stereocenters. The molecule has 1 aliphatic heterocycles. The van der Waals surface area contributed by atoms with Gasteiger partial charge in [0.05, 0.1) is 7.11 Å². The van der Waals surface area contributed by atoms with E-state index in [1.807, 2.05) is 0 Å². The van der Waals surface area contributed by atoms with E-state index in [0.29, 0.717) is 29.1 Å². The molecule has 3 rings (SSSR count). The Kier molecular flexibility index (Phi) is 7.87. The number of urea groups is 1. The summed E-state index contributed by atoms with van der Waals surface area (Å²) in [6, 6.07) is 11.5. The third kappa shape index (κ3) is 6.19. The highest BCUT2D eigenvalue weighted by atomic mass is 19.1. The van der Waals surface area contributed by atoms with Crippen molar-refractivity contribution in [1.29, 1.82) is 0 Å². The van der Waals surface area contributed by atoms with Gasteiger partial charge in [-0.05, 0) is 63.5 Å². The number of amides is 2. The molecule has 0 saturated carbocycles. The number of piperidine rings is 1. The maximum absolute atomic E-state index is 14.1. The number of halogens is 1. The van der Waals surface area contributed by atoms with Crippen molar-refractivity contribution in [1.82, 2.24) is 10.2 Å². The number of nitrogens with zero attached hydrogens (tertiary/aromatic N) is 1. The lowest BCUT2D eigenvalue weighted by molar-refractivity contribution is 0.224. The zero-order valence-corrected chi connectivity index (χ0v) is 17.0. The molecule has 29 heavy (non-hydrogen) atoms. The smallest absolute Gasteiger partial charge is 0.319 e. The van der Waals surface area contributed by atoms with Crippen LogP contribution in [0.2, 0.25) is 0 Å². The first-order valence-electron chi connectivity index (χ1n) is 10.4. The molecule has 0 radical (unpaired) electrons. The van der Waals surface area contributed by atoms with E-state index in [2.05, 4.69) is 15.5 Å². The third-order valence-corrected chi connectivity index (χ3v) is 5.26. The van der Waals surface area contributed by atoms with E-state index >= 15 is 0 Å². The summed E-state index contributed by atoms with van der Waals surface area (Å²) in [6.07, 6.45) is 6.01. The number of anilines is 1. The first-order chi connectivity index (χ1) is 14.2. The zero-order chi connectivity index (χ0) is 20.5. The van der Waals surface area contributed by atoms with E-state index in [9.17, 15) is 9.18 Å². The number of hydrogen-bond donors (Lipinski definition) is 2. The van der Waals surface area contributed by atoms with Gasteiger partial charge in [0.25, 0.3) is 0 Å². The first-order valence-corrected chi connectivity index (χ1v) is 10.4. The van der Waals surface area contributed by atoms with E-state index in [0.717, 1.165) is 19.4 Å². The van der Waals surface area contributed by atoms with Crippen molar-refractivity contribution in [3.8, 4) is 16.9 Å². The molecule has 5 nitrogen and oxygen atoms in total. The number of ether oxygens (including phenoxy) is 1. The minimum Gasteiger partial charge on any atom is -0.496 e. The fourth-order valence-corrected chi connectivity index (χ4v) is 3.69. The van der Waals surface area contributed by atoms with Gasteiger partial charge in [-0.3, -0.25) is 0 Å². The maximum Gasteiger partial charge on any atom is 0.319 e. The van der Waals surface area contributed by atoms with Crippen molar-refractivity contribution in [3.05, 3.63) is 48.3 Å².